The second kappa shape index (κ2) is 10.1. The Kier molecular flexibility index (Phi) is 6.75. The van der Waals surface area contributed by atoms with E-state index in [9.17, 15) is 13.2 Å². The van der Waals surface area contributed by atoms with E-state index in [1.807, 2.05) is 79.7 Å². The third-order valence-electron chi connectivity index (χ3n) is 5.90. The smallest absolute Gasteiger partial charge is 0.268 e. The number of hydrogen-bond acceptors (Lipinski definition) is 6. The minimum atomic E-state index is -3.87. The Hall–Kier alpha value is -3.69. The molecule has 0 radical (unpaired) electrons. The van der Waals surface area contributed by atoms with Crippen molar-refractivity contribution in [1.29, 1.82) is 0 Å². The molecule has 1 N–H and O–H groups in total. The van der Waals surface area contributed by atoms with Crippen LogP contribution in [0.25, 0.3) is 11.3 Å². The Morgan fingerprint density at radius 1 is 0.972 bits per heavy atom. The lowest BCUT2D eigenvalue weighted by atomic mass is 10.1. The molecule has 0 bridgehead atoms. The number of rotatable bonds is 7. The van der Waals surface area contributed by atoms with Gasteiger partial charge in [0.05, 0.1) is 29.9 Å². The van der Waals surface area contributed by atoms with E-state index in [-0.39, 0.29) is 23.1 Å². The van der Waals surface area contributed by atoms with Crippen molar-refractivity contribution in [2.45, 2.75) is 29.9 Å². The maximum absolute atomic E-state index is 13.6. The standard InChI is InChI=1S/C27H24N4O3S2/c1-2-20-12-6-8-14-22(20)29-25(32)18-35-27-28-16-24-26(30-27)21-13-7-9-15-23(21)31(36(24,33)34)17-19-10-4-3-5-11-19/h3-16H,2,17-18H2,1H3,(H,29,32). The van der Waals surface area contributed by atoms with E-state index in [1.54, 1.807) is 6.07 Å². The van der Waals surface area contributed by atoms with Crippen molar-refractivity contribution in [2.24, 2.45) is 0 Å². The number of aromatic nitrogens is 2. The summed E-state index contributed by atoms with van der Waals surface area (Å²) >= 11 is 1.17. The van der Waals surface area contributed by atoms with Crippen LogP contribution in [0.1, 0.15) is 18.1 Å². The Bertz CT molecular complexity index is 1530. The molecule has 1 aliphatic heterocycles. The van der Waals surface area contributed by atoms with Crippen molar-refractivity contribution in [3.8, 4) is 11.3 Å². The summed E-state index contributed by atoms with van der Waals surface area (Å²) in [7, 11) is -3.87. The predicted molar refractivity (Wildman–Crippen MR) is 142 cm³/mol. The highest BCUT2D eigenvalue weighted by Gasteiger charge is 2.36. The van der Waals surface area contributed by atoms with E-state index >= 15 is 0 Å². The van der Waals surface area contributed by atoms with Crippen molar-refractivity contribution in [3.05, 3.63) is 96.2 Å². The van der Waals surface area contributed by atoms with Crippen molar-refractivity contribution in [3.63, 3.8) is 0 Å². The fourth-order valence-corrected chi connectivity index (χ4v) is 6.31. The molecule has 3 aromatic carbocycles. The average Bonchev–Trinajstić information content (AvgIpc) is 2.91. The highest BCUT2D eigenvalue weighted by molar-refractivity contribution is 7.99. The van der Waals surface area contributed by atoms with Gasteiger partial charge in [-0.05, 0) is 29.7 Å². The molecule has 0 saturated heterocycles. The van der Waals surface area contributed by atoms with Crippen molar-refractivity contribution in [1.82, 2.24) is 9.97 Å². The highest BCUT2D eigenvalue weighted by Crippen LogP contribution is 2.42. The first-order chi connectivity index (χ1) is 17.5. The van der Waals surface area contributed by atoms with Gasteiger partial charge in [-0.25, -0.2) is 18.4 Å². The number of benzene rings is 3. The van der Waals surface area contributed by atoms with E-state index in [4.69, 9.17) is 0 Å². The summed E-state index contributed by atoms with van der Waals surface area (Å²) in [4.78, 5) is 21.5. The molecule has 0 fully saturated rings. The monoisotopic (exact) mass is 516 g/mol. The van der Waals surface area contributed by atoms with Crippen molar-refractivity contribution >= 4 is 39.1 Å². The van der Waals surface area contributed by atoms with Crippen LogP contribution < -0.4 is 9.62 Å². The predicted octanol–water partition coefficient (Wildman–Crippen LogP) is 5.15. The van der Waals surface area contributed by atoms with Crippen LogP contribution in [0.5, 0.6) is 0 Å². The number of sulfonamides is 1. The van der Waals surface area contributed by atoms with Crippen LogP contribution in [0.2, 0.25) is 0 Å². The lowest BCUT2D eigenvalue weighted by Gasteiger charge is -2.31. The lowest BCUT2D eigenvalue weighted by molar-refractivity contribution is -0.113. The maximum Gasteiger partial charge on any atom is 0.268 e. The summed E-state index contributed by atoms with van der Waals surface area (Å²) in [6.07, 6.45) is 2.16. The fourth-order valence-electron chi connectivity index (χ4n) is 4.13. The van der Waals surface area contributed by atoms with Gasteiger partial charge >= 0.3 is 0 Å². The number of hydrogen-bond donors (Lipinski definition) is 1. The second-order valence-electron chi connectivity index (χ2n) is 8.23. The third kappa shape index (κ3) is 4.72. The van der Waals surface area contributed by atoms with Crippen LogP contribution in [0.3, 0.4) is 0 Å². The van der Waals surface area contributed by atoms with Crippen LogP contribution in [0.15, 0.2) is 95.1 Å². The lowest BCUT2D eigenvalue weighted by Crippen LogP contribution is -2.34. The minimum absolute atomic E-state index is 0.0582. The number of amides is 1. The molecule has 1 amide bonds. The van der Waals surface area contributed by atoms with Gasteiger partial charge in [0, 0.05) is 11.3 Å². The number of thioether (sulfide) groups is 1. The molecule has 0 unspecified atom stereocenters. The molecule has 0 aliphatic carbocycles. The molecule has 1 aliphatic rings. The molecule has 4 aromatic rings. The molecule has 1 aromatic heterocycles. The van der Waals surface area contributed by atoms with Gasteiger partial charge in [-0.1, -0.05) is 85.4 Å². The van der Waals surface area contributed by atoms with E-state index in [0.29, 0.717) is 22.1 Å². The van der Waals surface area contributed by atoms with Gasteiger partial charge < -0.3 is 5.32 Å². The molecule has 9 heteroatoms. The molecule has 36 heavy (non-hydrogen) atoms. The van der Waals surface area contributed by atoms with E-state index in [0.717, 1.165) is 23.2 Å². The topological polar surface area (TPSA) is 92.3 Å². The number of aryl methyl sites for hydroxylation is 1. The SMILES string of the molecule is CCc1ccccc1NC(=O)CSc1ncc2c(n1)-c1ccccc1N(Cc1ccccc1)S2(=O)=O. The molecule has 182 valence electrons. The molecular formula is C27H24N4O3S2. The second-order valence-corrected chi connectivity index (χ2v) is 11.0. The van der Waals surface area contributed by atoms with Crippen molar-refractivity contribution < 1.29 is 13.2 Å². The Morgan fingerprint density at radius 2 is 1.69 bits per heavy atom. The average molecular weight is 517 g/mol. The summed E-state index contributed by atoms with van der Waals surface area (Å²) in [5.41, 5.74) is 4.35. The van der Waals surface area contributed by atoms with Crippen LogP contribution in [0, 0.1) is 0 Å². The number of nitrogens with one attached hydrogen (secondary N) is 1. The largest absolute Gasteiger partial charge is 0.325 e. The molecule has 0 atom stereocenters. The van der Waals surface area contributed by atoms with Gasteiger partial charge in [-0.15, -0.1) is 0 Å². The first-order valence-electron chi connectivity index (χ1n) is 11.5. The van der Waals surface area contributed by atoms with Gasteiger partial charge in [-0.3, -0.25) is 9.10 Å². The van der Waals surface area contributed by atoms with Crippen LogP contribution >= 0.6 is 11.8 Å². The highest BCUT2D eigenvalue weighted by atomic mass is 32.2. The zero-order valence-corrected chi connectivity index (χ0v) is 21.2. The Balaban J connectivity index is 1.40. The Morgan fingerprint density at radius 3 is 2.50 bits per heavy atom. The van der Waals surface area contributed by atoms with E-state index < -0.39 is 10.0 Å². The van der Waals surface area contributed by atoms with Crippen LogP contribution in [-0.4, -0.2) is 30.0 Å². The maximum atomic E-state index is 13.6. The quantitative estimate of drug-likeness (QED) is 0.270. The molecule has 2 heterocycles. The molecule has 0 saturated carbocycles. The summed E-state index contributed by atoms with van der Waals surface area (Å²) in [5.74, 6) is -0.0740. The zero-order valence-electron chi connectivity index (χ0n) is 19.6. The first-order valence-corrected chi connectivity index (χ1v) is 13.9. The molecular weight excluding hydrogens is 492 g/mol. The summed E-state index contributed by atoms with van der Waals surface area (Å²) in [5, 5.41) is 3.28. The normalized spacial score (nSPS) is 13.5. The summed E-state index contributed by atoms with van der Waals surface area (Å²) < 4.78 is 28.6. The molecule has 0 spiro atoms. The van der Waals surface area contributed by atoms with Crippen molar-refractivity contribution in [2.75, 3.05) is 15.4 Å². The number of anilines is 2. The number of carbonyl (C=O) groups excluding carboxylic acids is 1. The summed E-state index contributed by atoms with van der Waals surface area (Å²) in [6.45, 7) is 2.24. The van der Waals surface area contributed by atoms with Gasteiger partial charge in [0.1, 0.15) is 4.90 Å². The van der Waals surface area contributed by atoms with Crippen LogP contribution in [-0.2, 0) is 27.8 Å². The van der Waals surface area contributed by atoms with Gasteiger partial charge in [-0.2, -0.15) is 0 Å². The van der Waals surface area contributed by atoms with E-state index in [1.165, 1.54) is 22.3 Å². The number of nitrogens with zero attached hydrogens (tertiary/aromatic N) is 3. The van der Waals surface area contributed by atoms with Crippen LogP contribution in [0.4, 0.5) is 11.4 Å². The van der Waals surface area contributed by atoms with Gasteiger partial charge in [0.2, 0.25) is 5.91 Å². The first kappa shape index (κ1) is 24.0. The van der Waals surface area contributed by atoms with Gasteiger partial charge in [0.15, 0.2) is 5.16 Å². The minimum Gasteiger partial charge on any atom is -0.325 e. The third-order valence-corrected chi connectivity index (χ3v) is 8.52. The number of para-hydroxylation sites is 2. The fraction of sp³-hybridized carbons (Fsp3) is 0.148. The number of carbonyl (C=O) groups is 1. The Labute approximate surface area is 214 Å². The molecule has 5 rings (SSSR count). The summed E-state index contributed by atoms with van der Waals surface area (Å²) in [6, 6.07) is 24.4. The van der Waals surface area contributed by atoms with Gasteiger partial charge in [0.25, 0.3) is 10.0 Å². The van der Waals surface area contributed by atoms with E-state index in [2.05, 4.69) is 15.3 Å². The zero-order chi connectivity index (χ0) is 25.1. The number of fused-ring (bicyclic) bond motifs is 3. The molecule has 7 nitrogen and oxygen atoms in total.